The summed E-state index contributed by atoms with van der Waals surface area (Å²) in [5, 5.41) is 4.22. The Morgan fingerprint density at radius 1 is 1.33 bits per heavy atom. The number of nitrogen functional groups attached to an aromatic ring is 1. The first-order valence-electron chi connectivity index (χ1n) is 4.50. The molecule has 2 heterocycles. The van der Waals surface area contributed by atoms with E-state index in [0.717, 1.165) is 0 Å². The van der Waals surface area contributed by atoms with Crippen molar-refractivity contribution >= 4 is 11.9 Å². The van der Waals surface area contributed by atoms with Gasteiger partial charge in [-0.1, -0.05) is 6.07 Å². The summed E-state index contributed by atoms with van der Waals surface area (Å²) in [5.74, 6) is 1.56. The Balaban J connectivity index is 2.45. The third-order valence-electron chi connectivity index (χ3n) is 1.89. The lowest BCUT2D eigenvalue weighted by atomic mass is 10.5. The van der Waals surface area contributed by atoms with Crippen LogP contribution in [-0.4, -0.2) is 33.8 Å². The zero-order valence-corrected chi connectivity index (χ0v) is 8.62. The molecule has 0 fully saturated rings. The highest BCUT2D eigenvalue weighted by atomic mass is 15.5. The zero-order chi connectivity index (χ0) is 10.8. The van der Waals surface area contributed by atoms with Crippen molar-refractivity contribution in [2.75, 3.05) is 24.7 Å². The highest BCUT2D eigenvalue weighted by molar-refractivity contribution is 5.38. The first kappa shape index (κ1) is 9.45. The van der Waals surface area contributed by atoms with E-state index < -0.39 is 0 Å². The molecule has 15 heavy (non-hydrogen) atoms. The summed E-state index contributed by atoms with van der Waals surface area (Å²) in [7, 11) is 3.72. The first-order chi connectivity index (χ1) is 7.18. The van der Waals surface area contributed by atoms with Gasteiger partial charge in [0.2, 0.25) is 11.9 Å². The fourth-order valence-corrected chi connectivity index (χ4v) is 1.15. The van der Waals surface area contributed by atoms with Gasteiger partial charge < -0.3 is 10.6 Å². The van der Waals surface area contributed by atoms with E-state index in [0.29, 0.717) is 17.7 Å². The van der Waals surface area contributed by atoms with Crippen LogP contribution >= 0.6 is 0 Å². The van der Waals surface area contributed by atoms with E-state index in [1.54, 1.807) is 11.1 Å². The second kappa shape index (κ2) is 3.56. The Kier molecular flexibility index (Phi) is 2.24. The SMILES string of the molecule is CN(C)c1nc(N)n(-c2ccccn2)n1. The zero-order valence-electron chi connectivity index (χ0n) is 8.62. The van der Waals surface area contributed by atoms with Gasteiger partial charge in [-0.3, -0.25) is 0 Å². The van der Waals surface area contributed by atoms with Gasteiger partial charge in [-0.25, -0.2) is 4.98 Å². The third kappa shape index (κ3) is 1.74. The molecule has 0 aliphatic heterocycles. The highest BCUT2D eigenvalue weighted by Gasteiger charge is 2.09. The normalized spacial score (nSPS) is 10.3. The third-order valence-corrected chi connectivity index (χ3v) is 1.89. The molecule has 2 aromatic heterocycles. The van der Waals surface area contributed by atoms with Crippen LogP contribution in [-0.2, 0) is 0 Å². The van der Waals surface area contributed by atoms with Crippen LogP contribution in [0.25, 0.3) is 5.82 Å². The number of hydrogen-bond acceptors (Lipinski definition) is 5. The summed E-state index contributed by atoms with van der Waals surface area (Å²) < 4.78 is 1.51. The van der Waals surface area contributed by atoms with Gasteiger partial charge in [0.05, 0.1) is 0 Å². The van der Waals surface area contributed by atoms with Gasteiger partial charge in [-0.05, 0) is 12.1 Å². The van der Waals surface area contributed by atoms with E-state index >= 15 is 0 Å². The van der Waals surface area contributed by atoms with Gasteiger partial charge in [-0.15, -0.1) is 5.10 Å². The summed E-state index contributed by atoms with van der Waals surface area (Å²) in [6, 6.07) is 5.53. The van der Waals surface area contributed by atoms with Gasteiger partial charge >= 0.3 is 0 Å². The molecule has 0 aliphatic rings. The standard InChI is InChI=1S/C9H12N6/c1-14(2)9-12-8(10)15(13-9)7-5-3-4-6-11-7/h3-6H,1-2H3,(H2,10,12,13). The summed E-state index contributed by atoms with van der Waals surface area (Å²) in [5.41, 5.74) is 5.73. The largest absolute Gasteiger partial charge is 0.368 e. The minimum absolute atomic E-state index is 0.331. The molecule has 2 rings (SSSR count). The fourth-order valence-electron chi connectivity index (χ4n) is 1.15. The molecule has 0 saturated heterocycles. The predicted molar refractivity (Wildman–Crippen MR) is 57.9 cm³/mol. The van der Waals surface area contributed by atoms with Crippen molar-refractivity contribution in [2.45, 2.75) is 0 Å². The lowest BCUT2D eigenvalue weighted by molar-refractivity contribution is 0.845. The summed E-state index contributed by atoms with van der Waals surface area (Å²) in [6.45, 7) is 0. The molecule has 2 aromatic rings. The van der Waals surface area contributed by atoms with E-state index in [9.17, 15) is 0 Å². The van der Waals surface area contributed by atoms with Crippen molar-refractivity contribution in [1.82, 2.24) is 19.7 Å². The Bertz CT molecular complexity index is 447. The van der Waals surface area contributed by atoms with Crippen LogP contribution in [0.4, 0.5) is 11.9 Å². The molecule has 0 aromatic carbocycles. The summed E-state index contributed by atoms with van der Waals surface area (Å²) >= 11 is 0. The number of pyridine rings is 1. The van der Waals surface area contributed by atoms with Crippen LogP contribution in [0.5, 0.6) is 0 Å². The molecule has 0 spiro atoms. The number of nitrogens with zero attached hydrogens (tertiary/aromatic N) is 5. The van der Waals surface area contributed by atoms with E-state index in [1.165, 1.54) is 4.68 Å². The number of anilines is 2. The van der Waals surface area contributed by atoms with E-state index in [2.05, 4.69) is 15.1 Å². The molecule has 0 amide bonds. The van der Waals surface area contributed by atoms with Gasteiger partial charge in [-0.2, -0.15) is 9.67 Å². The molecule has 0 saturated carbocycles. The second-order valence-electron chi connectivity index (χ2n) is 3.26. The summed E-state index contributed by atoms with van der Waals surface area (Å²) in [4.78, 5) is 10.0. The topological polar surface area (TPSA) is 72.9 Å². The van der Waals surface area contributed by atoms with Crippen LogP contribution in [0.2, 0.25) is 0 Å². The Morgan fingerprint density at radius 3 is 2.67 bits per heavy atom. The second-order valence-corrected chi connectivity index (χ2v) is 3.26. The average molecular weight is 204 g/mol. The minimum atomic E-state index is 0.331. The molecule has 6 heteroatoms. The maximum atomic E-state index is 5.73. The first-order valence-corrected chi connectivity index (χ1v) is 4.50. The minimum Gasteiger partial charge on any atom is -0.368 e. The molecule has 2 N–H and O–H groups in total. The smallest absolute Gasteiger partial charge is 0.246 e. The quantitative estimate of drug-likeness (QED) is 0.762. The highest BCUT2D eigenvalue weighted by Crippen LogP contribution is 2.12. The number of aromatic nitrogens is 4. The maximum Gasteiger partial charge on any atom is 0.246 e. The van der Waals surface area contributed by atoms with Crippen LogP contribution in [0.1, 0.15) is 0 Å². The van der Waals surface area contributed by atoms with E-state index in [-0.39, 0.29) is 0 Å². The van der Waals surface area contributed by atoms with Crippen molar-refractivity contribution in [1.29, 1.82) is 0 Å². The molecule has 0 bridgehead atoms. The van der Waals surface area contributed by atoms with Crippen LogP contribution in [0.15, 0.2) is 24.4 Å². The van der Waals surface area contributed by atoms with Crippen molar-refractivity contribution in [3.8, 4) is 5.82 Å². The number of nitrogens with two attached hydrogens (primary N) is 1. The van der Waals surface area contributed by atoms with Crippen LogP contribution in [0.3, 0.4) is 0 Å². The molecular formula is C9H12N6. The van der Waals surface area contributed by atoms with Gasteiger partial charge in [0.1, 0.15) is 0 Å². The molecule has 0 atom stereocenters. The molecule has 78 valence electrons. The van der Waals surface area contributed by atoms with Gasteiger partial charge in [0, 0.05) is 20.3 Å². The van der Waals surface area contributed by atoms with E-state index in [4.69, 9.17) is 5.73 Å². The number of rotatable bonds is 2. The average Bonchev–Trinajstić information content (AvgIpc) is 2.62. The fraction of sp³-hybridized carbons (Fsp3) is 0.222. The van der Waals surface area contributed by atoms with Crippen molar-refractivity contribution in [3.05, 3.63) is 24.4 Å². The molecule has 0 unspecified atom stereocenters. The number of hydrogen-bond donors (Lipinski definition) is 1. The van der Waals surface area contributed by atoms with Crippen molar-refractivity contribution < 1.29 is 0 Å². The lowest BCUT2D eigenvalue weighted by Crippen LogP contribution is -2.11. The van der Waals surface area contributed by atoms with Crippen LogP contribution in [0, 0.1) is 0 Å². The molecular weight excluding hydrogens is 192 g/mol. The van der Waals surface area contributed by atoms with Gasteiger partial charge in [0.25, 0.3) is 0 Å². The molecule has 6 nitrogen and oxygen atoms in total. The molecule has 0 aliphatic carbocycles. The maximum absolute atomic E-state index is 5.73. The molecule has 0 radical (unpaired) electrons. The van der Waals surface area contributed by atoms with Crippen LogP contribution < -0.4 is 10.6 Å². The van der Waals surface area contributed by atoms with Crippen molar-refractivity contribution in [3.63, 3.8) is 0 Å². The Hall–Kier alpha value is -2.11. The lowest BCUT2D eigenvalue weighted by Gasteiger charge is -2.04. The summed E-state index contributed by atoms with van der Waals surface area (Å²) in [6.07, 6.45) is 1.69. The Labute approximate surface area is 87.4 Å². The van der Waals surface area contributed by atoms with E-state index in [1.807, 2.05) is 32.3 Å². The van der Waals surface area contributed by atoms with Gasteiger partial charge in [0.15, 0.2) is 5.82 Å². The Morgan fingerprint density at radius 2 is 2.13 bits per heavy atom. The predicted octanol–water partition coefficient (Wildman–Crippen LogP) is 0.310. The monoisotopic (exact) mass is 204 g/mol. The van der Waals surface area contributed by atoms with Crippen molar-refractivity contribution in [2.24, 2.45) is 0 Å².